The van der Waals surface area contributed by atoms with Crippen LogP contribution in [-0.4, -0.2) is 27.9 Å². The summed E-state index contributed by atoms with van der Waals surface area (Å²) < 4.78 is 6.67. The molecule has 0 aromatic carbocycles. The van der Waals surface area contributed by atoms with Crippen LogP contribution in [0.4, 0.5) is 0 Å². The molecular weight excluding hydrogens is 352 g/mol. The van der Waals surface area contributed by atoms with E-state index in [1.807, 2.05) is 6.26 Å². The van der Waals surface area contributed by atoms with Crippen LogP contribution in [0.5, 0.6) is 0 Å². The average Bonchev–Trinajstić information content (AvgIpc) is 2.82. The highest BCUT2D eigenvalue weighted by molar-refractivity contribution is 5.80. The van der Waals surface area contributed by atoms with Crippen molar-refractivity contribution in [2.45, 2.75) is 83.3 Å². The molecule has 0 aromatic rings. The van der Waals surface area contributed by atoms with Gasteiger partial charge in [-0.2, -0.15) is 0 Å². The molecule has 0 aromatic heterocycles. The number of aliphatic hydroxyl groups is 1. The fourth-order valence-corrected chi connectivity index (χ4v) is 8.57. The number of carboxylic acid groups (broad SMARTS) is 1. The third kappa shape index (κ3) is 2.30. The Labute approximate surface area is 168 Å². The van der Waals surface area contributed by atoms with Gasteiger partial charge in [0.05, 0.1) is 12.4 Å². The molecule has 5 aliphatic rings. The van der Waals surface area contributed by atoms with Crippen molar-refractivity contribution >= 4 is 5.97 Å². The summed E-state index contributed by atoms with van der Waals surface area (Å²) in [7, 11) is 0. The summed E-state index contributed by atoms with van der Waals surface area (Å²) in [6, 6.07) is 0. The Morgan fingerprint density at radius 3 is 2.71 bits per heavy atom. The number of aliphatic carboxylic acids is 1. The van der Waals surface area contributed by atoms with Crippen LogP contribution >= 0.6 is 0 Å². The molecule has 2 bridgehead atoms. The number of allylic oxidation sites excluding steroid dienone is 2. The largest absolute Gasteiger partial charge is 0.494 e. The maximum Gasteiger partial charge on any atom is 0.328 e. The Morgan fingerprint density at radius 2 is 1.93 bits per heavy atom. The van der Waals surface area contributed by atoms with Gasteiger partial charge < -0.3 is 14.9 Å². The maximum atomic E-state index is 11.0. The zero-order valence-corrected chi connectivity index (χ0v) is 17.2. The van der Waals surface area contributed by atoms with Crippen LogP contribution in [0, 0.1) is 34.5 Å². The van der Waals surface area contributed by atoms with Crippen LogP contribution in [0.3, 0.4) is 0 Å². The fraction of sp³-hybridized carbons (Fsp3) is 0.792. The predicted octanol–water partition coefficient (Wildman–Crippen LogP) is 4.68. The molecular formula is C24H34O4. The van der Waals surface area contributed by atoms with Gasteiger partial charge in [-0.15, -0.1) is 0 Å². The highest BCUT2D eigenvalue weighted by Crippen LogP contribution is 2.72. The van der Waals surface area contributed by atoms with Crippen molar-refractivity contribution in [3.63, 3.8) is 0 Å². The van der Waals surface area contributed by atoms with E-state index < -0.39 is 5.97 Å². The SMILES string of the molecule is C[C@]12CC[C@H](O)C[C@H]1CC[C@@H]1[C@@H]2CC[C@]2(C)C3CC[C@]12OC=C3/C=C/C(=O)O. The number of rotatable bonds is 2. The first kappa shape index (κ1) is 18.7. The van der Waals surface area contributed by atoms with Crippen molar-refractivity contribution < 1.29 is 19.7 Å². The van der Waals surface area contributed by atoms with Gasteiger partial charge in [-0.3, -0.25) is 0 Å². The van der Waals surface area contributed by atoms with Crippen LogP contribution in [0.1, 0.15) is 71.6 Å². The number of aliphatic hydroxyl groups excluding tert-OH is 1. The molecule has 0 saturated heterocycles. The minimum atomic E-state index is -0.893. The minimum absolute atomic E-state index is 0.0782. The second kappa shape index (κ2) is 6.10. The van der Waals surface area contributed by atoms with E-state index in [1.54, 1.807) is 6.08 Å². The van der Waals surface area contributed by atoms with Gasteiger partial charge in [-0.25, -0.2) is 4.79 Å². The molecule has 28 heavy (non-hydrogen) atoms. The van der Waals surface area contributed by atoms with Gasteiger partial charge in [0, 0.05) is 17.4 Å². The van der Waals surface area contributed by atoms with Gasteiger partial charge in [-0.05, 0) is 92.6 Å². The van der Waals surface area contributed by atoms with Gasteiger partial charge in [0.15, 0.2) is 0 Å². The summed E-state index contributed by atoms with van der Waals surface area (Å²) >= 11 is 0. The number of hydrogen-bond donors (Lipinski definition) is 2. The highest BCUT2D eigenvalue weighted by atomic mass is 16.5. The van der Waals surface area contributed by atoms with Gasteiger partial charge in [0.1, 0.15) is 5.60 Å². The zero-order valence-electron chi connectivity index (χ0n) is 17.2. The van der Waals surface area contributed by atoms with Crippen LogP contribution < -0.4 is 0 Å². The Kier molecular flexibility index (Phi) is 4.08. The van der Waals surface area contributed by atoms with Crippen LogP contribution in [-0.2, 0) is 9.53 Å². The highest BCUT2D eigenvalue weighted by Gasteiger charge is 2.70. The van der Waals surface area contributed by atoms with Crippen molar-refractivity contribution in [2.75, 3.05) is 0 Å². The zero-order chi connectivity index (χ0) is 19.7. The molecule has 4 aliphatic carbocycles. The molecule has 4 fully saturated rings. The minimum Gasteiger partial charge on any atom is -0.494 e. The predicted molar refractivity (Wildman–Crippen MR) is 106 cm³/mol. The van der Waals surface area contributed by atoms with Crippen molar-refractivity contribution in [3.05, 3.63) is 24.0 Å². The smallest absolute Gasteiger partial charge is 0.328 e. The molecule has 5 rings (SSSR count). The monoisotopic (exact) mass is 386 g/mol. The molecule has 4 heteroatoms. The topological polar surface area (TPSA) is 66.8 Å². The quantitative estimate of drug-likeness (QED) is 0.676. The first-order chi connectivity index (χ1) is 13.3. The molecule has 0 amide bonds. The molecule has 0 spiro atoms. The summed E-state index contributed by atoms with van der Waals surface area (Å²) in [5, 5.41) is 19.3. The average molecular weight is 387 g/mol. The normalized spacial score (nSPS) is 52.2. The van der Waals surface area contributed by atoms with E-state index in [1.165, 1.54) is 31.8 Å². The Bertz CT molecular complexity index is 741. The molecule has 8 atom stereocenters. The third-order valence-corrected chi connectivity index (χ3v) is 10.0. The number of hydrogen-bond acceptors (Lipinski definition) is 3. The van der Waals surface area contributed by atoms with Crippen LogP contribution in [0.25, 0.3) is 0 Å². The standard InChI is InChI=1S/C24H34O4/c1-22-10-7-17(25)13-16(22)4-5-20-19(22)8-11-23(2)18-9-12-24(20,23)28-14-15(18)3-6-21(26)27/h3,6,14,16-20,25H,4-5,7-13H2,1-2H3,(H,26,27)/b6-3+/t16-,17+,18?,19+,20-,22+,23-,24+/m1/s1. The summed E-state index contributed by atoms with van der Waals surface area (Å²) in [6.45, 7) is 4.92. The number of carboxylic acids is 1. The van der Waals surface area contributed by atoms with E-state index in [4.69, 9.17) is 9.84 Å². The molecule has 1 heterocycles. The summed E-state index contributed by atoms with van der Waals surface area (Å²) in [5.41, 5.74) is 1.44. The van der Waals surface area contributed by atoms with Crippen LogP contribution in [0.2, 0.25) is 0 Å². The van der Waals surface area contributed by atoms with E-state index in [9.17, 15) is 9.90 Å². The summed E-state index contributed by atoms with van der Waals surface area (Å²) in [6.07, 6.45) is 15.0. The molecule has 1 unspecified atom stereocenters. The number of fused-ring (bicyclic) bond motifs is 3. The Balaban J connectivity index is 1.49. The Hall–Kier alpha value is -1.29. The molecule has 4 nitrogen and oxygen atoms in total. The molecule has 1 aliphatic heterocycles. The Morgan fingerprint density at radius 1 is 1.11 bits per heavy atom. The number of carbonyl (C=O) groups is 1. The van der Waals surface area contributed by atoms with Gasteiger partial charge in [-0.1, -0.05) is 13.8 Å². The molecule has 154 valence electrons. The summed E-state index contributed by atoms with van der Waals surface area (Å²) in [5.74, 6) is 1.46. The van der Waals surface area contributed by atoms with Gasteiger partial charge >= 0.3 is 5.97 Å². The summed E-state index contributed by atoms with van der Waals surface area (Å²) in [4.78, 5) is 11.0. The second-order valence-corrected chi connectivity index (χ2v) is 10.8. The first-order valence-electron chi connectivity index (χ1n) is 11.3. The van der Waals surface area contributed by atoms with E-state index >= 15 is 0 Å². The lowest BCUT2D eigenvalue weighted by molar-refractivity contribution is -0.217. The number of ether oxygens (including phenoxy) is 1. The lowest BCUT2D eigenvalue weighted by Crippen LogP contribution is -2.63. The van der Waals surface area contributed by atoms with Gasteiger partial charge in [0.25, 0.3) is 0 Å². The van der Waals surface area contributed by atoms with Crippen molar-refractivity contribution in [1.82, 2.24) is 0 Å². The second-order valence-electron chi connectivity index (χ2n) is 10.8. The maximum absolute atomic E-state index is 11.0. The van der Waals surface area contributed by atoms with Gasteiger partial charge in [0.2, 0.25) is 0 Å². The molecule has 2 N–H and O–H groups in total. The van der Waals surface area contributed by atoms with Crippen molar-refractivity contribution in [1.29, 1.82) is 0 Å². The van der Waals surface area contributed by atoms with E-state index in [0.717, 1.165) is 37.7 Å². The molecule has 0 radical (unpaired) electrons. The lowest BCUT2D eigenvalue weighted by Gasteiger charge is -2.65. The first-order valence-corrected chi connectivity index (χ1v) is 11.3. The van der Waals surface area contributed by atoms with E-state index in [2.05, 4.69) is 13.8 Å². The third-order valence-electron chi connectivity index (χ3n) is 10.0. The van der Waals surface area contributed by atoms with Crippen molar-refractivity contribution in [2.24, 2.45) is 34.5 Å². The molecule has 4 saturated carbocycles. The van der Waals surface area contributed by atoms with Crippen LogP contribution in [0.15, 0.2) is 24.0 Å². The lowest BCUT2D eigenvalue weighted by atomic mass is 9.43. The van der Waals surface area contributed by atoms with E-state index in [-0.39, 0.29) is 17.1 Å². The van der Waals surface area contributed by atoms with Crippen molar-refractivity contribution in [3.8, 4) is 0 Å². The fourth-order valence-electron chi connectivity index (χ4n) is 8.57. The van der Waals surface area contributed by atoms with E-state index in [0.29, 0.717) is 29.1 Å².